The van der Waals surface area contributed by atoms with E-state index < -0.39 is 0 Å². The van der Waals surface area contributed by atoms with Crippen LogP contribution in [-0.4, -0.2) is 65.3 Å². The largest absolute Gasteiger partial charge is 0.480 e. The number of carbonyl (C=O) groups excluding carboxylic acids is 1. The summed E-state index contributed by atoms with van der Waals surface area (Å²) in [4.78, 5) is 16.0. The highest BCUT2D eigenvalue weighted by Gasteiger charge is 2.19. The fraction of sp³-hybridized carbons (Fsp3) is 0.667. The van der Waals surface area contributed by atoms with Crippen LogP contribution in [-0.2, 0) is 11.3 Å². The van der Waals surface area contributed by atoms with Crippen LogP contribution in [0.5, 0.6) is 5.75 Å². The van der Waals surface area contributed by atoms with Crippen molar-refractivity contribution in [3.8, 4) is 5.75 Å². The maximum atomic E-state index is 11.9. The maximum absolute atomic E-state index is 11.9. The first-order chi connectivity index (χ1) is 8.69. The second-order valence-electron chi connectivity index (χ2n) is 4.50. The van der Waals surface area contributed by atoms with E-state index in [1.54, 1.807) is 17.1 Å². The van der Waals surface area contributed by atoms with E-state index in [1.165, 1.54) is 0 Å². The van der Waals surface area contributed by atoms with Gasteiger partial charge in [0.2, 0.25) is 0 Å². The maximum Gasteiger partial charge on any atom is 0.260 e. The van der Waals surface area contributed by atoms with Gasteiger partial charge >= 0.3 is 0 Å². The molecule has 18 heavy (non-hydrogen) atoms. The van der Waals surface area contributed by atoms with Crippen molar-refractivity contribution in [2.24, 2.45) is 0 Å². The van der Waals surface area contributed by atoms with Crippen molar-refractivity contribution in [2.45, 2.75) is 13.5 Å². The molecule has 1 amide bonds. The number of aromatic nitrogens is 2. The molecule has 1 aliphatic heterocycles. The predicted octanol–water partition coefficient (Wildman–Crippen LogP) is 0.0558. The lowest BCUT2D eigenvalue weighted by atomic mass is 10.3. The van der Waals surface area contributed by atoms with E-state index in [1.807, 2.05) is 11.8 Å². The Hall–Kier alpha value is -1.56. The molecule has 1 saturated heterocycles. The number of hydrogen-bond acceptors (Lipinski definition) is 4. The van der Waals surface area contributed by atoms with E-state index in [2.05, 4.69) is 17.0 Å². The Balaban J connectivity index is 1.77. The van der Waals surface area contributed by atoms with Gasteiger partial charge in [-0.2, -0.15) is 5.10 Å². The van der Waals surface area contributed by atoms with Crippen molar-refractivity contribution in [3.63, 3.8) is 0 Å². The number of nitrogens with zero attached hydrogens (tertiary/aromatic N) is 4. The van der Waals surface area contributed by atoms with E-state index in [-0.39, 0.29) is 12.5 Å². The monoisotopic (exact) mass is 252 g/mol. The molecule has 1 aromatic rings. The number of likely N-dealkylation sites (N-methyl/N-ethyl adjacent to an activating group) is 1. The minimum atomic E-state index is 0.0485. The van der Waals surface area contributed by atoms with Crippen LogP contribution in [0.15, 0.2) is 12.4 Å². The number of aryl methyl sites for hydroxylation is 1. The van der Waals surface area contributed by atoms with Gasteiger partial charge in [-0.05, 0) is 14.0 Å². The average molecular weight is 252 g/mol. The van der Waals surface area contributed by atoms with E-state index in [4.69, 9.17) is 4.74 Å². The molecule has 0 spiro atoms. The summed E-state index contributed by atoms with van der Waals surface area (Å²) in [5.41, 5.74) is 0. The Morgan fingerprint density at radius 3 is 2.72 bits per heavy atom. The van der Waals surface area contributed by atoms with E-state index >= 15 is 0 Å². The Bertz CT molecular complexity index is 397. The van der Waals surface area contributed by atoms with Crippen molar-refractivity contribution in [2.75, 3.05) is 39.8 Å². The minimum absolute atomic E-state index is 0.0485. The summed E-state index contributed by atoms with van der Waals surface area (Å²) in [7, 11) is 2.07. The van der Waals surface area contributed by atoms with E-state index in [9.17, 15) is 4.79 Å². The standard InChI is InChI=1S/C12H20N4O2/c1-3-16-9-11(8-13-16)18-10-12(17)15-6-4-14(2)5-7-15/h8-9H,3-7,10H2,1-2H3. The zero-order chi connectivity index (χ0) is 13.0. The van der Waals surface area contributed by atoms with Crippen LogP contribution in [0.2, 0.25) is 0 Å². The van der Waals surface area contributed by atoms with Crippen LogP contribution in [0.1, 0.15) is 6.92 Å². The Morgan fingerprint density at radius 2 is 2.11 bits per heavy atom. The number of rotatable bonds is 4. The predicted molar refractivity (Wildman–Crippen MR) is 67.5 cm³/mol. The third kappa shape index (κ3) is 3.22. The lowest BCUT2D eigenvalue weighted by Crippen LogP contribution is -2.48. The summed E-state index contributed by atoms with van der Waals surface area (Å²) >= 11 is 0. The molecule has 0 bridgehead atoms. The molecule has 2 heterocycles. The fourth-order valence-corrected chi connectivity index (χ4v) is 1.88. The molecule has 0 saturated carbocycles. The number of hydrogen-bond donors (Lipinski definition) is 0. The highest BCUT2D eigenvalue weighted by atomic mass is 16.5. The summed E-state index contributed by atoms with van der Waals surface area (Å²) in [5, 5.41) is 4.10. The molecular weight excluding hydrogens is 232 g/mol. The molecule has 0 atom stereocenters. The van der Waals surface area contributed by atoms with Crippen LogP contribution >= 0.6 is 0 Å². The first-order valence-corrected chi connectivity index (χ1v) is 6.30. The first kappa shape index (κ1) is 12.9. The van der Waals surface area contributed by atoms with Crippen LogP contribution < -0.4 is 4.74 Å². The number of ether oxygens (including phenoxy) is 1. The quantitative estimate of drug-likeness (QED) is 0.760. The highest BCUT2D eigenvalue weighted by Crippen LogP contribution is 2.08. The summed E-state index contributed by atoms with van der Waals surface area (Å²) in [5.74, 6) is 0.701. The van der Waals surface area contributed by atoms with Gasteiger partial charge in [-0.1, -0.05) is 0 Å². The third-order valence-electron chi connectivity index (χ3n) is 3.15. The van der Waals surface area contributed by atoms with Crippen molar-refractivity contribution in [3.05, 3.63) is 12.4 Å². The number of amides is 1. The van der Waals surface area contributed by atoms with E-state index in [0.29, 0.717) is 5.75 Å². The second kappa shape index (κ2) is 5.86. The molecular formula is C12H20N4O2. The van der Waals surface area contributed by atoms with E-state index in [0.717, 1.165) is 32.7 Å². The zero-order valence-corrected chi connectivity index (χ0v) is 11.0. The van der Waals surface area contributed by atoms with Gasteiger partial charge in [-0.25, -0.2) is 0 Å². The van der Waals surface area contributed by atoms with Crippen molar-refractivity contribution in [1.82, 2.24) is 19.6 Å². The van der Waals surface area contributed by atoms with Crippen LogP contribution in [0.25, 0.3) is 0 Å². The van der Waals surface area contributed by atoms with Crippen molar-refractivity contribution in [1.29, 1.82) is 0 Å². The van der Waals surface area contributed by atoms with Gasteiger partial charge in [0.05, 0.1) is 12.4 Å². The van der Waals surface area contributed by atoms with Crippen molar-refractivity contribution >= 4 is 5.91 Å². The van der Waals surface area contributed by atoms with Gasteiger partial charge in [0.15, 0.2) is 12.4 Å². The molecule has 100 valence electrons. The molecule has 1 fully saturated rings. The smallest absolute Gasteiger partial charge is 0.260 e. The second-order valence-corrected chi connectivity index (χ2v) is 4.50. The van der Waals surface area contributed by atoms with Gasteiger partial charge < -0.3 is 14.5 Å². The number of carbonyl (C=O) groups is 1. The van der Waals surface area contributed by atoms with Gasteiger partial charge in [-0.3, -0.25) is 9.48 Å². The van der Waals surface area contributed by atoms with Crippen LogP contribution in [0.3, 0.4) is 0 Å². The van der Waals surface area contributed by atoms with Gasteiger partial charge in [-0.15, -0.1) is 0 Å². The topological polar surface area (TPSA) is 50.6 Å². The molecule has 1 aromatic heterocycles. The lowest BCUT2D eigenvalue weighted by Gasteiger charge is -2.32. The van der Waals surface area contributed by atoms with Crippen LogP contribution in [0.4, 0.5) is 0 Å². The Morgan fingerprint density at radius 1 is 1.39 bits per heavy atom. The third-order valence-corrected chi connectivity index (χ3v) is 3.15. The summed E-state index contributed by atoms with van der Waals surface area (Å²) in [6.07, 6.45) is 3.44. The fourth-order valence-electron chi connectivity index (χ4n) is 1.88. The highest BCUT2D eigenvalue weighted by molar-refractivity contribution is 5.77. The SMILES string of the molecule is CCn1cc(OCC(=O)N2CCN(C)CC2)cn1. The Labute approximate surface area is 107 Å². The Kier molecular flexibility index (Phi) is 4.19. The van der Waals surface area contributed by atoms with Crippen molar-refractivity contribution < 1.29 is 9.53 Å². The van der Waals surface area contributed by atoms with Crippen LogP contribution in [0, 0.1) is 0 Å². The first-order valence-electron chi connectivity index (χ1n) is 6.30. The normalized spacial score (nSPS) is 16.9. The average Bonchev–Trinajstić information content (AvgIpc) is 2.85. The molecule has 6 nitrogen and oxygen atoms in total. The molecule has 0 N–H and O–H groups in total. The molecule has 2 rings (SSSR count). The molecule has 6 heteroatoms. The summed E-state index contributed by atoms with van der Waals surface area (Å²) < 4.78 is 7.22. The lowest BCUT2D eigenvalue weighted by molar-refractivity contribution is -0.134. The minimum Gasteiger partial charge on any atom is -0.480 e. The van der Waals surface area contributed by atoms with Gasteiger partial charge in [0.1, 0.15) is 0 Å². The molecule has 0 aliphatic carbocycles. The number of piperazine rings is 1. The summed E-state index contributed by atoms with van der Waals surface area (Å²) in [6.45, 7) is 6.33. The van der Waals surface area contributed by atoms with Gasteiger partial charge in [0, 0.05) is 32.7 Å². The molecule has 0 radical (unpaired) electrons. The summed E-state index contributed by atoms with van der Waals surface area (Å²) in [6, 6.07) is 0. The molecule has 1 aliphatic rings. The zero-order valence-electron chi connectivity index (χ0n) is 11.0. The molecule has 0 unspecified atom stereocenters. The molecule has 0 aromatic carbocycles. The van der Waals surface area contributed by atoms with Gasteiger partial charge in [0.25, 0.3) is 5.91 Å².